The lowest BCUT2D eigenvalue weighted by Crippen LogP contribution is -2.32. The summed E-state index contributed by atoms with van der Waals surface area (Å²) in [7, 11) is 2.91. The number of hydrogen-bond donors (Lipinski definition) is 2. The van der Waals surface area contributed by atoms with E-state index in [0.717, 1.165) is 0 Å². The van der Waals surface area contributed by atoms with E-state index in [9.17, 15) is 14.0 Å². The predicted octanol–water partition coefficient (Wildman–Crippen LogP) is 5.33. The van der Waals surface area contributed by atoms with Gasteiger partial charge in [-0.15, -0.1) is 0 Å². The van der Waals surface area contributed by atoms with Crippen molar-refractivity contribution in [2.75, 3.05) is 26.1 Å². The summed E-state index contributed by atoms with van der Waals surface area (Å²) in [5.74, 6) is -0.940. The molecule has 9 nitrogen and oxygen atoms in total. The molecule has 0 aliphatic rings. The lowest BCUT2D eigenvalue weighted by atomic mass is 10.2. The molecular formula is C26H24BrClFN3O6. The summed E-state index contributed by atoms with van der Waals surface area (Å²) in [5.41, 5.74) is 3.15. The number of ether oxygens (including phenoxy) is 4. The molecule has 0 heterocycles. The standard InChI is InChI=1S/C26H24BrClFN3O6/c1-4-37-23-11-15(10-18(27)24(23)38-14-17-19(28)6-5-7-20(17)29)13-30-32-26(34)25(33)31-21-12-16(35-2)8-9-22(21)36-3/h5-13H,4,14H2,1-3H3,(H,31,33)(H,32,34). The number of nitrogens with zero attached hydrogens (tertiary/aromatic N) is 1. The van der Waals surface area contributed by atoms with Crippen molar-refractivity contribution in [3.05, 3.63) is 75.0 Å². The number of benzene rings is 3. The van der Waals surface area contributed by atoms with Gasteiger partial charge in [0.05, 0.1) is 42.2 Å². The molecule has 0 atom stereocenters. The van der Waals surface area contributed by atoms with E-state index in [2.05, 4.69) is 31.8 Å². The second kappa shape index (κ2) is 13.6. The number of hydrogen-bond acceptors (Lipinski definition) is 7. The average molecular weight is 609 g/mol. The van der Waals surface area contributed by atoms with Crippen LogP contribution >= 0.6 is 27.5 Å². The third kappa shape index (κ3) is 7.36. The molecule has 0 radical (unpaired) electrons. The molecule has 12 heteroatoms. The minimum Gasteiger partial charge on any atom is -0.497 e. The molecule has 2 N–H and O–H groups in total. The summed E-state index contributed by atoms with van der Waals surface area (Å²) in [4.78, 5) is 24.6. The van der Waals surface area contributed by atoms with Crippen LogP contribution in [0.3, 0.4) is 0 Å². The average Bonchev–Trinajstić information content (AvgIpc) is 2.89. The second-order valence-corrected chi connectivity index (χ2v) is 8.73. The topological polar surface area (TPSA) is 107 Å². The minimum atomic E-state index is -1.00. The van der Waals surface area contributed by atoms with Crippen LogP contribution in [0, 0.1) is 5.82 Å². The van der Waals surface area contributed by atoms with Gasteiger partial charge >= 0.3 is 11.8 Å². The Morgan fingerprint density at radius 3 is 2.53 bits per heavy atom. The number of anilines is 1. The van der Waals surface area contributed by atoms with E-state index >= 15 is 0 Å². The number of halogens is 3. The van der Waals surface area contributed by atoms with Crippen LogP contribution in [0.4, 0.5) is 10.1 Å². The summed E-state index contributed by atoms with van der Waals surface area (Å²) in [6.07, 6.45) is 1.32. The molecule has 0 saturated carbocycles. The maximum Gasteiger partial charge on any atom is 0.329 e. The first kappa shape index (κ1) is 28.7. The Hall–Kier alpha value is -3.83. The third-order valence-electron chi connectivity index (χ3n) is 5.00. The molecule has 0 bridgehead atoms. The highest BCUT2D eigenvalue weighted by atomic mass is 79.9. The van der Waals surface area contributed by atoms with Crippen LogP contribution in [-0.4, -0.2) is 38.9 Å². The summed E-state index contributed by atoms with van der Waals surface area (Å²) >= 11 is 9.50. The van der Waals surface area contributed by atoms with Gasteiger partial charge in [-0.3, -0.25) is 9.59 Å². The third-order valence-corrected chi connectivity index (χ3v) is 5.94. The lowest BCUT2D eigenvalue weighted by molar-refractivity contribution is -0.136. The van der Waals surface area contributed by atoms with Crippen LogP contribution in [0.1, 0.15) is 18.1 Å². The van der Waals surface area contributed by atoms with E-state index < -0.39 is 17.6 Å². The first-order valence-electron chi connectivity index (χ1n) is 11.2. The monoisotopic (exact) mass is 607 g/mol. The fourth-order valence-corrected chi connectivity index (χ4v) is 3.98. The number of amides is 2. The first-order valence-corrected chi connectivity index (χ1v) is 12.3. The molecule has 3 aromatic carbocycles. The molecule has 38 heavy (non-hydrogen) atoms. The van der Waals surface area contributed by atoms with Gasteiger partial charge in [-0.1, -0.05) is 17.7 Å². The van der Waals surface area contributed by atoms with E-state index in [1.54, 1.807) is 37.3 Å². The smallest absolute Gasteiger partial charge is 0.329 e. The zero-order chi connectivity index (χ0) is 27.7. The summed E-state index contributed by atoms with van der Waals surface area (Å²) in [6, 6.07) is 12.4. The molecule has 0 aromatic heterocycles. The SMILES string of the molecule is CCOc1cc(C=NNC(=O)C(=O)Nc2cc(OC)ccc2OC)cc(Br)c1OCc1c(F)cccc1Cl. The second-order valence-electron chi connectivity index (χ2n) is 7.47. The van der Waals surface area contributed by atoms with Crippen LogP contribution in [0.5, 0.6) is 23.0 Å². The van der Waals surface area contributed by atoms with E-state index in [1.165, 1.54) is 38.6 Å². The Morgan fingerprint density at radius 1 is 1.05 bits per heavy atom. The van der Waals surface area contributed by atoms with Crippen LogP contribution in [0.2, 0.25) is 5.02 Å². The molecule has 0 spiro atoms. The Balaban J connectivity index is 1.69. The molecule has 3 aromatic rings. The van der Waals surface area contributed by atoms with E-state index in [4.69, 9.17) is 30.5 Å². The van der Waals surface area contributed by atoms with Crippen LogP contribution in [0.25, 0.3) is 0 Å². The largest absolute Gasteiger partial charge is 0.497 e. The maximum absolute atomic E-state index is 14.1. The molecule has 200 valence electrons. The van der Waals surface area contributed by atoms with Gasteiger partial charge < -0.3 is 24.3 Å². The van der Waals surface area contributed by atoms with Crippen molar-refractivity contribution in [1.29, 1.82) is 0 Å². The lowest BCUT2D eigenvalue weighted by Gasteiger charge is -2.15. The quantitative estimate of drug-likeness (QED) is 0.183. The number of carbonyl (C=O) groups is 2. The Morgan fingerprint density at radius 2 is 1.84 bits per heavy atom. The van der Waals surface area contributed by atoms with Crippen molar-refractivity contribution in [3.8, 4) is 23.0 Å². The highest BCUT2D eigenvalue weighted by Crippen LogP contribution is 2.37. The highest BCUT2D eigenvalue weighted by Gasteiger charge is 2.17. The molecule has 0 aliphatic carbocycles. The Kier molecular flexibility index (Phi) is 10.3. The van der Waals surface area contributed by atoms with Crippen molar-refractivity contribution in [1.82, 2.24) is 5.43 Å². The van der Waals surface area contributed by atoms with Gasteiger partial charge in [0.15, 0.2) is 11.5 Å². The van der Waals surface area contributed by atoms with Gasteiger partial charge in [0.25, 0.3) is 0 Å². The molecular weight excluding hydrogens is 585 g/mol. The van der Waals surface area contributed by atoms with Crippen molar-refractivity contribution < 1.29 is 32.9 Å². The zero-order valence-corrected chi connectivity index (χ0v) is 23.0. The van der Waals surface area contributed by atoms with Crippen LogP contribution < -0.4 is 29.7 Å². The highest BCUT2D eigenvalue weighted by molar-refractivity contribution is 9.10. The molecule has 2 amide bonds. The molecule has 0 saturated heterocycles. The Bertz CT molecular complexity index is 1330. The fourth-order valence-electron chi connectivity index (χ4n) is 3.19. The summed E-state index contributed by atoms with van der Waals surface area (Å²) in [5, 5.41) is 6.54. The van der Waals surface area contributed by atoms with Crippen molar-refractivity contribution >= 4 is 51.2 Å². The van der Waals surface area contributed by atoms with Crippen molar-refractivity contribution in [2.45, 2.75) is 13.5 Å². The van der Waals surface area contributed by atoms with Gasteiger partial charge in [0.1, 0.15) is 23.9 Å². The normalized spacial score (nSPS) is 10.7. The Labute approximate surface area is 232 Å². The molecule has 0 unspecified atom stereocenters. The number of nitrogens with one attached hydrogen (secondary N) is 2. The maximum atomic E-state index is 14.1. The number of methoxy groups -OCH3 is 2. The van der Waals surface area contributed by atoms with E-state index in [0.29, 0.717) is 39.6 Å². The summed E-state index contributed by atoms with van der Waals surface area (Å²) < 4.78 is 36.4. The van der Waals surface area contributed by atoms with Gasteiger partial charge in [-0.2, -0.15) is 5.10 Å². The molecule has 3 rings (SSSR count). The minimum absolute atomic E-state index is 0.124. The van der Waals surface area contributed by atoms with E-state index in [1.807, 2.05) is 0 Å². The first-order chi connectivity index (χ1) is 18.3. The van der Waals surface area contributed by atoms with Crippen molar-refractivity contribution in [2.24, 2.45) is 5.10 Å². The van der Waals surface area contributed by atoms with Crippen LogP contribution in [-0.2, 0) is 16.2 Å². The van der Waals surface area contributed by atoms with Gasteiger partial charge in [0, 0.05) is 11.6 Å². The summed E-state index contributed by atoms with van der Waals surface area (Å²) in [6.45, 7) is 2.00. The zero-order valence-electron chi connectivity index (χ0n) is 20.6. The fraction of sp³-hybridized carbons (Fsp3) is 0.192. The van der Waals surface area contributed by atoms with Gasteiger partial charge in [-0.25, -0.2) is 9.82 Å². The van der Waals surface area contributed by atoms with Crippen molar-refractivity contribution in [3.63, 3.8) is 0 Å². The van der Waals surface area contributed by atoms with Gasteiger partial charge in [-0.05, 0) is 64.8 Å². The van der Waals surface area contributed by atoms with E-state index in [-0.39, 0.29) is 22.9 Å². The van der Waals surface area contributed by atoms with Gasteiger partial charge in [0.2, 0.25) is 0 Å². The molecule has 0 fully saturated rings. The van der Waals surface area contributed by atoms with Crippen LogP contribution in [0.15, 0.2) is 58.1 Å². The number of hydrazone groups is 1. The number of carbonyl (C=O) groups excluding carboxylic acids is 2. The molecule has 0 aliphatic heterocycles. The predicted molar refractivity (Wildman–Crippen MR) is 145 cm³/mol. The number of rotatable bonds is 10.